The summed E-state index contributed by atoms with van der Waals surface area (Å²) in [4.78, 5) is 22.3. The van der Waals surface area contributed by atoms with Crippen molar-refractivity contribution in [1.29, 1.82) is 0 Å². The summed E-state index contributed by atoms with van der Waals surface area (Å²) in [6, 6.07) is -0.274. The molecule has 1 aliphatic rings. The SMILES string of the molecule is C[C@@H](NC(=O)OC(C)(C)C)[C@@H]1CC[C@@H](C(=O)O)O1. The molecular weight excluding hydrogens is 238 g/mol. The van der Waals surface area contributed by atoms with Gasteiger partial charge in [-0.25, -0.2) is 9.59 Å². The fraction of sp³-hybridized carbons (Fsp3) is 0.833. The molecule has 1 saturated heterocycles. The van der Waals surface area contributed by atoms with Gasteiger partial charge in [0, 0.05) is 0 Å². The molecule has 6 heteroatoms. The van der Waals surface area contributed by atoms with Crippen LogP contribution < -0.4 is 5.32 Å². The lowest BCUT2D eigenvalue weighted by Crippen LogP contribution is -2.43. The molecule has 18 heavy (non-hydrogen) atoms. The van der Waals surface area contributed by atoms with Crippen LogP contribution in [-0.2, 0) is 14.3 Å². The number of aliphatic carboxylic acids is 1. The number of amides is 1. The highest BCUT2D eigenvalue weighted by molar-refractivity contribution is 5.72. The summed E-state index contributed by atoms with van der Waals surface area (Å²) in [7, 11) is 0. The van der Waals surface area contributed by atoms with Crippen LogP contribution in [0.5, 0.6) is 0 Å². The zero-order valence-corrected chi connectivity index (χ0v) is 11.2. The lowest BCUT2D eigenvalue weighted by Gasteiger charge is -2.24. The Bertz CT molecular complexity index is 323. The smallest absolute Gasteiger partial charge is 0.407 e. The number of alkyl carbamates (subject to hydrolysis) is 1. The number of carboxylic acids is 1. The van der Waals surface area contributed by atoms with Crippen LogP contribution in [0.15, 0.2) is 0 Å². The van der Waals surface area contributed by atoms with Gasteiger partial charge in [0.05, 0.1) is 12.1 Å². The molecule has 0 aromatic rings. The van der Waals surface area contributed by atoms with Gasteiger partial charge in [-0.05, 0) is 40.5 Å². The van der Waals surface area contributed by atoms with Crippen molar-refractivity contribution in [3.05, 3.63) is 0 Å². The molecule has 1 fully saturated rings. The summed E-state index contributed by atoms with van der Waals surface area (Å²) in [6.45, 7) is 7.12. The van der Waals surface area contributed by atoms with Crippen LogP contribution in [0.3, 0.4) is 0 Å². The quantitative estimate of drug-likeness (QED) is 0.803. The Labute approximate surface area is 107 Å². The summed E-state index contributed by atoms with van der Waals surface area (Å²) >= 11 is 0. The zero-order valence-electron chi connectivity index (χ0n) is 11.2. The van der Waals surface area contributed by atoms with Crippen LogP contribution in [-0.4, -0.2) is 41.0 Å². The standard InChI is InChI=1S/C12H21NO5/c1-7(13-11(16)18-12(2,3)4)8-5-6-9(17-8)10(14)15/h7-9H,5-6H2,1-4H3,(H,13,16)(H,14,15)/t7-,8+,9+/m1/s1. The van der Waals surface area contributed by atoms with Crippen molar-refractivity contribution in [3.8, 4) is 0 Å². The van der Waals surface area contributed by atoms with E-state index in [0.717, 1.165) is 0 Å². The molecule has 0 aromatic heterocycles. The van der Waals surface area contributed by atoms with Gasteiger partial charge in [-0.2, -0.15) is 0 Å². The molecule has 0 unspecified atom stereocenters. The van der Waals surface area contributed by atoms with Gasteiger partial charge in [-0.1, -0.05) is 0 Å². The molecular formula is C12H21NO5. The number of carboxylic acid groups (broad SMARTS) is 1. The molecule has 0 aliphatic carbocycles. The monoisotopic (exact) mass is 259 g/mol. The third-order valence-corrected chi connectivity index (χ3v) is 2.63. The van der Waals surface area contributed by atoms with E-state index in [1.165, 1.54) is 0 Å². The van der Waals surface area contributed by atoms with E-state index in [4.69, 9.17) is 14.6 Å². The number of nitrogens with one attached hydrogen (secondary N) is 1. The van der Waals surface area contributed by atoms with E-state index in [1.807, 2.05) is 0 Å². The van der Waals surface area contributed by atoms with Crippen LogP contribution in [0.2, 0.25) is 0 Å². The minimum absolute atomic E-state index is 0.274. The Balaban J connectivity index is 2.40. The third kappa shape index (κ3) is 4.52. The predicted molar refractivity (Wildman–Crippen MR) is 64.4 cm³/mol. The van der Waals surface area contributed by atoms with Crippen molar-refractivity contribution in [1.82, 2.24) is 5.32 Å². The molecule has 0 saturated carbocycles. The Kier molecular flexibility index (Phi) is 4.56. The highest BCUT2D eigenvalue weighted by atomic mass is 16.6. The Hall–Kier alpha value is -1.30. The highest BCUT2D eigenvalue weighted by Crippen LogP contribution is 2.22. The Morgan fingerprint density at radius 1 is 1.39 bits per heavy atom. The summed E-state index contributed by atoms with van der Waals surface area (Å²) in [5.74, 6) is -0.957. The minimum Gasteiger partial charge on any atom is -0.479 e. The van der Waals surface area contributed by atoms with Crippen molar-refractivity contribution in [3.63, 3.8) is 0 Å². The van der Waals surface area contributed by atoms with Gasteiger partial charge < -0.3 is 19.9 Å². The van der Waals surface area contributed by atoms with Crippen LogP contribution in [0.25, 0.3) is 0 Å². The summed E-state index contributed by atoms with van der Waals surface area (Å²) < 4.78 is 10.5. The first-order chi connectivity index (χ1) is 8.19. The lowest BCUT2D eigenvalue weighted by atomic mass is 10.1. The second-order valence-electron chi connectivity index (χ2n) is 5.51. The topological polar surface area (TPSA) is 84.9 Å². The molecule has 3 atom stereocenters. The van der Waals surface area contributed by atoms with E-state index in [9.17, 15) is 9.59 Å². The van der Waals surface area contributed by atoms with Crippen molar-refractivity contribution in [2.75, 3.05) is 0 Å². The van der Waals surface area contributed by atoms with E-state index in [1.54, 1.807) is 27.7 Å². The number of carbonyl (C=O) groups is 2. The van der Waals surface area contributed by atoms with E-state index in [2.05, 4.69) is 5.32 Å². The van der Waals surface area contributed by atoms with Crippen LogP contribution in [0, 0.1) is 0 Å². The van der Waals surface area contributed by atoms with Gasteiger partial charge >= 0.3 is 12.1 Å². The summed E-state index contributed by atoms with van der Waals surface area (Å²) in [6.07, 6.45) is -0.470. The molecule has 1 amide bonds. The first-order valence-corrected chi connectivity index (χ1v) is 6.07. The number of hydrogen-bond donors (Lipinski definition) is 2. The van der Waals surface area contributed by atoms with Gasteiger partial charge in [0.2, 0.25) is 0 Å². The molecule has 2 N–H and O–H groups in total. The van der Waals surface area contributed by atoms with Crippen molar-refractivity contribution in [2.45, 2.75) is 64.4 Å². The molecule has 0 spiro atoms. The van der Waals surface area contributed by atoms with Crippen molar-refractivity contribution < 1.29 is 24.2 Å². The molecule has 1 rings (SSSR count). The molecule has 1 heterocycles. The molecule has 1 aliphatic heterocycles. The van der Waals surface area contributed by atoms with Gasteiger partial charge in [-0.3, -0.25) is 0 Å². The fourth-order valence-electron chi connectivity index (χ4n) is 1.80. The molecule has 0 radical (unpaired) electrons. The van der Waals surface area contributed by atoms with E-state index in [0.29, 0.717) is 12.8 Å². The first-order valence-electron chi connectivity index (χ1n) is 6.07. The minimum atomic E-state index is -0.957. The maximum absolute atomic E-state index is 11.5. The zero-order chi connectivity index (χ0) is 13.9. The number of rotatable bonds is 3. The average molecular weight is 259 g/mol. The van der Waals surface area contributed by atoms with E-state index in [-0.39, 0.29) is 12.1 Å². The third-order valence-electron chi connectivity index (χ3n) is 2.63. The van der Waals surface area contributed by atoms with Gasteiger partial charge in [0.1, 0.15) is 5.60 Å². The van der Waals surface area contributed by atoms with Crippen LogP contribution in [0.4, 0.5) is 4.79 Å². The Morgan fingerprint density at radius 3 is 2.44 bits per heavy atom. The maximum atomic E-state index is 11.5. The number of hydrogen-bond acceptors (Lipinski definition) is 4. The van der Waals surface area contributed by atoms with Crippen LogP contribution in [0.1, 0.15) is 40.5 Å². The highest BCUT2D eigenvalue weighted by Gasteiger charge is 2.34. The first kappa shape index (κ1) is 14.8. The fourth-order valence-corrected chi connectivity index (χ4v) is 1.80. The van der Waals surface area contributed by atoms with Crippen molar-refractivity contribution >= 4 is 12.1 Å². The normalized spacial score (nSPS) is 25.6. The molecule has 0 aromatic carbocycles. The summed E-state index contributed by atoms with van der Waals surface area (Å²) in [5, 5.41) is 11.5. The summed E-state index contributed by atoms with van der Waals surface area (Å²) in [5.41, 5.74) is -0.552. The largest absolute Gasteiger partial charge is 0.479 e. The molecule has 104 valence electrons. The predicted octanol–water partition coefficient (Wildman–Crippen LogP) is 1.53. The lowest BCUT2D eigenvalue weighted by molar-refractivity contribution is -0.149. The Morgan fingerprint density at radius 2 is 2.00 bits per heavy atom. The number of ether oxygens (including phenoxy) is 2. The second kappa shape index (κ2) is 5.56. The van der Waals surface area contributed by atoms with Gasteiger partial charge in [0.25, 0.3) is 0 Å². The van der Waals surface area contributed by atoms with E-state index >= 15 is 0 Å². The number of carbonyl (C=O) groups excluding carboxylic acids is 1. The van der Waals surface area contributed by atoms with Gasteiger partial charge in [-0.15, -0.1) is 0 Å². The van der Waals surface area contributed by atoms with Crippen molar-refractivity contribution in [2.24, 2.45) is 0 Å². The molecule has 6 nitrogen and oxygen atoms in total. The maximum Gasteiger partial charge on any atom is 0.407 e. The van der Waals surface area contributed by atoms with E-state index < -0.39 is 23.8 Å². The molecule has 0 bridgehead atoms. The second-order valence-corrected chi connectivity index (χ2v) is 5.51. The average Bonchev–Trinajstić information content (AvgIpc) is 2.62. The van der Waals surface area contributed by atoms with Gasteiger partial charge in [0.15, 0.2) is 6.10 Å². The van der Waals surface area contributed by atoms with Crippen LogP contribution >= 0.6 is 0 Å².